The maximum Gasteiger partial charge on any atom is 0.129 e. The van der Waals surface area contributed by atoms with Crippen molar-refractivity contribution in [3.8, 4) is 0 Å². The van der Waals surface area contributed by atoms with E-state index in [0.717, 1.165) is 13.0 Å². The first kappa shape index (κ1) is 13.9. The van der Waals surface area contributed by atoms with Crippen molar-refractivity contribution in [3.63, 3.8) is 0 Å². The van der Waals surface area contributed by atoms with E-state index in [1.807, 2.05) is 6.92 Å². The Bertz CT molecular complexity index is 513. The van der Waals surface area contributed by atoms with Gasteiger partial charge in [0.25, 0.3) is 0 Å². The van der Waals surface area contributed by atoms with E-state index in [0.29, 0.717) is 16.3 Å². The van der Waals surface area contributed by atoms with E-state index in [1.54, 1.807) is 30.7 Å². The van der Waals surface area contributed by atoms with Gasteiger partial charge in [-0.2, -0.15) is 0 Å². The molecule has 0 aliphatic carbocycles. The molecule has 0 aliphatic rings. The molecule has 1 aromatic carbocycles. The van der Waals surface area contributed by atoms with E-state index < -0.39 is 0 Å². The predicted octanol–water partition coefficient (Wildman–Crippen LogP) is 3.36. The lowest BCUT2D eigenvalue weighted by atomic mass is 10.0. The molecule has 1 aromatic heterocycles. The van der Waals surface area contributed by atoms with E-state index in [2.05, 4.69) is 15.3 Å². The van der Waals surface area contributed by atoms with Gasteiger partial charge in [0, 0.05) is 23.0 Å². The van der Waals surface area contributed by atoms with Crippen molar-refractivity contribution >= 4 is 11.6 Å². The Morgan fingerprint density at radius 1 is 1.37 bits per heavy atom. The first-order valence-corrected chi connectivity index (χ1v) is 6.55. The third-order valence-corrected chi connectivity index (χ3v) is 3.10. The Kier molecular flexibility index (Phi) is 4.82. The van der Waals surface area contributed by atoms with E-state index in [1.165, 1.54) is 6.07 Å². The van der Waals surface area contributed by atoms with Gasteiger partial charge < -0.3 is 5.32 Å². The Balaban J connectivity index is 2.43. The number of halogens is 2. The van der Waals surface area contributed by atoms with E-state index >= 15 is 0 Å². The van der Waals surface area contributed by atoms with Gasteiger partial charge in [0.1, 0.15) is 5.82 Å². The van der Waals surface area contributed by atoms with Crippen LogP contribution in [0.3, 0.4) is 0 Å². The molecular weight excluding hydrogens is 265 g/mol. The van der Waals surface area contributed by atoms with Crippen LogP contribution in [-0.2, 0) is 0 Å². The number of hydrogen-bond donors (Lipinski definition) is 1. The van der Waals surface area contributed by atoms with Crippen molar-refractivity contribution in [2.45, 2.75) is 19.4 Å². The standard InChI is InChI=1S/C14H15ClFN3/c1-2-6-19-14(12-9-17-7-8-18-12)13-10(15)4-3-5-11(13)16/h3-5,7-9,14,19H,2,6H2,1H3. The van der Waals surface area contributed by atoms with Crippen molar-refractivity contribution in [1.82, 2.24) is 15.3 Å². The molecule has 19 heavy (non-hydrogen) atoms. The highest BCUT2D eigenvalue weighted by molar-refractivity contribution is 6.31. The molecular formula is C14H15ClFN3. The number of nitrogens with zero attached hydrogens (tertiary/aromatic N) is 2. The zero-order valence-electron chi connectivity index (χ0n) is 10.6. The van der Waals surface area contributed by atoms with Crippen LogP contribution in [0.4, 0.5) is 4.39 Å². The van der Waals surface area contributed by atoms with E-state index in [-0.39, 0.29) is 11.9 Å². The smallest absolute Gasteiger partial charge is 0.129 e. The number of benzene rings is 1. The largest absolute Gasteiger partial charge is 0.305 e. The van der Waals surface area contributed by atoms with Gasteiger partial charge in [-0.25, -0.2) is 4.39 Å². The molecule has 2 aromatic rings. The Morgan fingerprint density at radius 2 is 2.21 bits per heavy atom. The van der Waals surface area contributed by atoms with Crippen LogP contribution in [0, 0.1) is 5.82 Å². The molecule has 5 heteroatoms. The summed E-state index contributed by atoms with van der Waals surface area (Å²) in [6, 6.07) is 4.28. The van der Waals surface area contributed by atoms with Gasteiger partial charge in [0.05, 0.1) is 17.9 Å². The summed E-state index contributed by atoms with van der Waals surface area (Å²) in [7, 11) is 0. The first-order valence-electron chi connectivity index (χ1n) is 6.17. The predicted molar refractivity (Wildman–Crippen MR) is 73.6 cm³/mol. The molecule has 1 heterocycles. The fraction of sp³-hybridized carbons (Fsp3) is 0.286. The fourth-order valence-corrected chi connectivity index (χ4v) is 2.16. The normalized spacial score (nSPS) is 12.4. The van der Waals surface area contributed by atoms with Gasteiger partial charge in [0.15, 0.2) is 0 Å². The minimum atomic E-state index is -0.387. The summed E-state index contributed by atoms with van der Waals surface area (Å²) in [4.78, 5) is 8.27. The average Bonchev–Trinajstić information content (AvgIpc) is 2.43. The van der Waals surface area contributed by atoms with Gasteiger partial charge in [-0.1, -0.05) is 24.6 Å². The highest BCUT2D eigenvalue weighted by atomic mass is 35.5. The summed E-state index contributed by atoms with van der Waals surface area (Å²) in [5.41, 5.74) is 1.07. The lowest BCUT2D eigenvalue weighted by molar-refractivity contribution is 0.538. The molecule has 3 nitrogen and oxygen atoms in total. The molecule has 0 spiro atoms. The molecule has 2 rings (SSSR count). The lowest BCUT2D eigenvalue weighted by Gasteiger charge is -2.19. The third-order valence-electron chi connectivity index (χ3n) is 2.77. The van der Waals surface area contributed by atoms with Crippen LogP contribution >= 0.6 is 11.6 Å². The van der Waals surface area contributed by atoms with Gasteiger partial charge in [-0.15, -0.1) is 0 Å². The quantitative estimate of drug-likeness (QED) is 0.912. The highest BCUT2D eigenvalue weighted by Crippen LogP contribution is 2.29. The van der Waals surface area contributed by atoms with Gasteiger partial charge >= 0.3 is 0 Å². The molecule has 1 N–H and O–H groups in total. The van der Waals surface area contributed by atoms with Crippen LogP contribution in [-0.4, -0.2) is 16.5 Å². The Labute approximate surface area is 116 Å². The molecule has 0 fully saturated rings. The molecule has 1 atom stereocenters. The SMILES string of the molecule is CCCNC(c1cnccn1)c1c(F)cccc1Cl. The highest BCUT2D eigenvalue weighted by Gasteiger charge is 2.21. The minimum Gasteiger partial charge on any atom is -0.305 e. The van der Waals surface area contributed by atoms with Gasteiger partial charge in [-0.3, -0.25) is 9.97 Å². The topological polar surface area (TPSA) is 37.8 Å². The number of rotatable bonds is 5. The third kappa shape index (κ3) is 3.28. The monoisotopic (exact) mass is 279 g/mol. The summed E-state index contributed by atoms with van der Waals surface area (Å²) in [5, 5.41) is 3.64. The fourth-order valence-electron chi connectivity index (χ4n) is 1.89. The molecule has 0 amide bonds. The first-order chi connectivity index (χ1) is 9.24. The van der Waals surface area contributed by atoms with Crippen molar-refractivity contribution in [2.75, 3.05) is 6.54 Å². The van der Waals surface area contributed by atoms with Crippen LogP contribution in [0.25, 0.3) is 0 Å². The van der Waals surface area contributed by atoms with Crippen LogP contribution < -0.4 is 5.32 Å². The summed E-state index contributed by atoms with van der Waals surface area (Å²) in [6.45, 7) is 2.79. The maximum absolute atomic E-state index is 14.0. The number of aromatic nitrogens is 2. The summed E-state index contributed by atoms with van der Waals surface area (Å²) < 4.78 is 14.0. The molecule has 0 aliphatic heterocycles. The van der Waals surface area contributed by atoms with Crippen LogP contribution in [0.2, 0.25) is 5.02 Å². The number of nitrogens with one attached hydrogen (secondary N) is 1. The second-order valence-electron chi connectivity index (χ2n) is 4.15. The van der Waals surface area contributed by atoms with E-state index in [9.17, 15) is 4.39 Å². The van der Waals surface area contributed by atoms with Crippen LogP contribution in [0.15, 0.2) is 36.8 Å². The Morgan fingerprint density at radius 3 is 2.84 bits per heavy atom. The summed E-state index contributed by atoms with van der Waals surface area (Å²) >= 11 is 6.12. The van der Waals surface area contributed by atoms with E-state index in [4.69, 9.17) is 11.6 Å². The maximum atomic E-state index is 14.0. The van der Waals surface area contributed by atoms with Crippen molar-refractivity contribution in [1.29, 1.82) is 0 Å². The minimum absolute atomic E-state index is 0.341. The number of hydrogen-bond acceptors (Lipinski definition) is 3. The summed E-state index contributed by atoms with van der Waals surface area (Å²) in [6.07, 6.45) is 5.73. The lowest BCUT2D eigenvalue weighted by Crippen LogP contribution is -2.25. The molecule has 100 valence electrons. The molecule has 0 bridgehead atoms. The molecule has 0 saturated heterocycles. The van der Waals surface area contributed by atoms with Gasteiger partial charge in [0.2, 0.25) is 0 Å². The zero-order chi connectivity index (χ0) is 13.7. The van der Waals surface area contributed by atoms with Gasteiger partial charge in [-0.05, 0) is 25.1 Å². The molecule has 0 radical (unpaired) electrons. The molecule has 1 unspecified atom stereocenters. The second kappa shape index (κ2) is 6.59. The van der Waals surface area contributed by atoms with Crippen molar-refractivity contribution < 1.29 is 4.39 Å². The van der Waals surface area contributed by atoms with Crippen LogP contribution in [0.1, 0.15) is 30.6 Å². The molecule has 0 saturated carbocycles. The van der Waals surface area contributed by atoms with Crippen molar-refractivity contribution in [2.24, 2.45) is 0 Å². The average molecular weight is 280 g/mol. The summed E-state index contributed by atoms with van der Waals surface area (Å²) in [5.74, 6) is -0.341. The van der Waals surface area contributed by atoms with Crippen molar-refractivity contribution in [3.05, 3.63) is 58.9 Å². The second-order valence-corrected chi connectivity index (χ2v) is 4.56. The zero-order valence-corrected chi connectivity index (χ0v) is 11.4. The Hall–Kier alpha value is -1.52. The van der Waals surface area contributed by atoms with Crippen LogP contribution in [0.5, 0.6) is 0 Å².